The molecule has 6 heteroatoms. The van der Waals surface area contributed by atoms with Gasteiger partial charge in [0, 0.05) is 30.8 Å². The average Bonchev–Trinajstić information content (AvgIpc) is 2.63. The first-order valence-corrected chi connectivity index (χ1v) is 6.63. The highest BCUT2D eigenvalue weighted by atomic mass is 19.4. The molecule has 0 saturated carbocycles. The molecule has 0 spiro atoms. The van der Waals surface area contributed by atoms with Crippen LogP contribution in [0.1, 0.15) is 49.9 Å². The molecular weight excluding hydrogens is 255 g/mol. The molecule has 1 unspecified atom stereocenters. The maximum absolute atomic E-state index is 12.2. The van der Waals surface area contributed by atoms with Gasteiger partial charge in [0.25, 0.3) is 0 Å². The first kappa shape index (κ1) is 16.0. The quantitative estimate of drug-likeness (QED) is 0.826. The van der Waals surface area contributed by atoms with Gasteiger partial charge in [-0.15, -0.1) is 0 Å². The van der Waals surface area contributed by atoms with Gasteiger partial charge in [0.2, 0.25) is 0 Å². The van der Waals surface area contributed by atoms with Crippen LogP contribution in [-0.4, -0.2) is 22.5 Å². The van der Waals surface area contributed by atoms with Crippen LogP contribution in [-0.2, 0) is 7.05 Å². The zero-order valence-corrected chi connectivity index (χ0v) is 11.7. The summed E-state index contributed by atoms with van der Waals surface area (Å²) in [6, 6.07) is -0.0454. The Morgan fingerprint density at radius 1 is 1.42 bits per heavy atom. The van der Waals surface area contributed by atoms with Crippen molar-refractivity contribution in [2.75, 3.05) is 6.54 Å². The van der Waals surface area contributed by atoms with E-state index >= 15 is 0 Å². The largest absolute Gasteiger partial charge is 0.389 e. The Balaban J connectivity index is 2.64. The van der Waals surface area contributed by atoms with Crippen molar-refractivity contribution in [3.8, 4) is 0 Å². The molecule has 0 radical (unpaired) electrons. The fourth-order valence-electron chi connectivity index (χ4n) is 2.05. The van der Waals surface area contributed by atoms with Gasteiger partial charge in [-0.05, 0) is 32.7 Å². The number of hydrogen-bond donors (Lipinski definition) is 1. The van der Waals surface area contributed by atoms with Gasteiger partial charge in [-0.3, -0.25) is 4.68 Å². The number of aromatic nitrogens is 2. The second-order valence-electron chi connectivity index (χ2n) is 4.82. The molecule has 1 rings (SSSR count). The number of halogens is 3. The SMILES string of the molecule is CCCNC(CCCC(F)(F)F)c1cnn(C)c1C. The third-order valence-corrected chi connectivity index (χ3v) is 3.24. The van der Waals surface area contributed by atoms with E-state index < -0.39 is 12.6 Å². The van der Waals surface area contributed by atoms with Crippen LogP contribution in [0.4, 0.5) is 13.2 Å². The summed E-state index contributed by atoms with van der Waals surface area (Å²) in [4.78, 5) is 0. The normalized spacial score (nSPS) is 13.8. The van der Waals surface area contributed by atoms with E-state index in [1.54, 1.807) is 10.9 Å². The van der Waals surface area contributed by atoms with E-state index in [1.807, 2.05) is 20.9 Å². The number of nitrogens with one attached hydrogen (secondary N) is 1. The van der Waals surface area contributed by atoms with Crippen LogP contribution in [0.15, 0.2) is 6.20 Å². The van der Waals surface area contributed by atoms with Gasteiger partial charge in [-0.1, -0.05) is 6.92 Å². The Hall–Kier alpha value is -1.04. The summed E-state index contributed by atoms with van der Waals surface area (Å²) in [5.41, 5.74) is 2.00. The van der Waals surface area contributed by atoms with Crippen molar-refractivity contribution < 1.29 is 13.2 Å². The summed E-state index contributed by atoms with van der Waals surface area (Å²) in [6.07, 6.45) is -1.48. The molecule has 0 aromatic carbocycles. The van der Waals surface area contributed by atoms with Gasteiger partial charge >= 0.3 is 6.18 Å². The lowest BCUT2D eigenvalue weighted by molar-refractivity contribution is -0.135. The molecule has 1 heterocycles. The van der Waals surface area contributed by atoms with Gasteiger partial charge in [-0.2, -0.15) is 18.3 Å². The lowest BCUT2D eigenvalue weighted by Gasteiger charge is -2.19. The van der Waals surface area contributed by atoms with Crippen molar-refractivity contribution in [3.63, 3.8) is 0 Å². The van der Waals surface area contributed by atoms with Crippen LogP contribution in [0, 0.1) is 6.92 Å². The minimum atomic E-state index is -4.07. The van der Waals surface area contributed by atoms with Crippen LogP contribution in [0.2, 0.25) is 0 Å². The van der Waals surface area contributed by atoms with Crippen molar-refractivity contribution in [2.45, 2.75) is 51.7 Å². The van der Waals surface area contributed by atoms with E-state index in [1.165, 1.54) is 0 Å². The summed E-state index contributed by atoms with van der Waals surface area (Å²) < 4.78 is 38.4. The van der Waals surface area contributed by atoms with Gasteiger partial charge in [-0.25, -0.2) is 0 Å². The average molecular weight is 277 g/mol. The standard InChI is InChI=1S/C13H22F3N3/c1-4-8-17-12(6-5-7-13(14,15)16)11-9-18-19(3)10(11)2/h9,12,17H,4-8H2,1-3H3. The zero-order chi connectivity index (χ0) is 14.5. The van der Waals surface area contributed by atoms with Crippen LogP contribution < -0.4 is 5.32 Å². The second-order valence-corrected chi connectivity index (χ2v) is 4.82. The Bertz CT molecular complexity index is 385. The number of aryl methyl sites for hydroxylation is 1. The molecule has 0 bridgehead atoms. The highest BCUT2D eigenvalue weighted by Gasteiger charge is 2.27. The maximum atomic E-state index is 12.2. The van der Waals surface area contributed by atoms with E-state index in [2.05, 4.69) is 10.4 Å². The van der Waals surface area contributed by atoms with Crippen molar-refractivity contribution >= 4 is 0 Å². The summed E-state index contributed by atoms with van der Waals surface area (Å²) >= 11 is 0. The summed E-state index contributed by atoms with van der Waals surface area (Å²) in [5.74, 6) is 0. The van der Waals surface area contributed by atoms with Gasteiger partial charge in [0.1, 0.15) is 0 Å². The predicted molar refractivity (Wildman–Crippen MR) is 68.9 cm³/mol. The monoisotopic (exact) mass is 277 g/mol. The van der Waals surface area contributed by atoms with E-state index in [0.717, 1.165) is 24.2 Å². The first-order chi connectivity index (χ1) is 8.85. The fourth-order valence-corrected chi connectivity index (χ4v) is 2.05. The number of hydrogen-bond acceptors (Lipinski definition) is 2. The lowest BCUT2D eigenvalue weighted by Crippen LogP contribution is -2.23. The molecule has 0 saturated heterocycles. The Morgan fingerprint density at radius 2 is 2.11 bits per heavy atom. The maximum Gasteiger partial charge on any atom is 0.389 e. The predicted octanol–water partition coefficient (Wildman–Crippen LogP) is 3.50. The number of rotatable bonds is 7. The van der Waals surface area contributed by atoms with E-state index in [-0.39, 0.29) is 12.5 Å². The molecule has 110 valence electrons. The molecule has 0 amide bonds. The molecule has 1 aromatic heterocycles. The molecule has 1 N–H and O–H groups in total. The van der Waals surface area contributed by atoms with Gasteiger partial charge in [0.15, 0.2) is 0 Å². The Morgan fingerprint density at radius 3 is 2.58 bits per heavy atom. The van der Waals surface area contributed by atoms with Crippen LogP contribution >= 0.6 is 0 Å². The topological polar surface area (TPSA) is 29.9 Å². The van der Waals surface area contributed by atoms with Crippen LogP contribution in [0.25, 0.3) is 0 Å². The van der Waals surface area contributed by atoms with Crippen LogP contribution in [0.3, 0.4) is 0 Å². The Kier molecular flexibility index (Phi) is 5.85. The van der Waals surface area contributed by atoms with Crippen molar-refractivity contribution in [3.05, 3.63) is 17.5 Å². The number of alkyl halides is 3. The molecule has 0 fully saturated rings. The fraction of sp³-hybridized carbons (Fsp3) is 0.769. The van der Waals surface area contributed by atoms with Crippen molar-refractivity contribution in [1.29, 1.82) is 0 Å². The third kappa shape index (κ3) is 5.22. The third-order valence-electron chi connectivity index (χ3n) is 3.24. The minimum Gasteiger partial charge on any atom is -0.310 e. The second kappa shape index (κ2) is 6.93. The molecule has 0 aliphatic carbocycles. The van der Waals surface area contributed by atoms with E-state index in [4.69, 9.17) is 0 Å². The van der Waals surface area contributed by atoms with Crippen molar-refractivity contribution in [2.24, 2.45) is 7.05 Å². The van der Waals surface area contributed by atoms with Gasteiger partial charge in [0.05, 0.1) is 6.20 Å². The number of nitrogens with zero attached hydrogens (tertiary/aromatic N) is 2. The van der Waals surface area contributed by atoms with Crippen LogP contribution in [0.5, 0.6) is 0 Å². The molecule has 1 aromatic rings. The van der Waals surface area contributed by atoms with Gasteiger partial charge < -0.3 is 5.32 Å². The summed E-state index contributed by atoms with van der Waals surface area (Å²) in [6.45, 7) is 4.77. The van der Waals surface area contributed by atoms with E-state index in [0.29, 0.717) is 6.42 Å². The molecule has 3 nitrogen and oxygen atoms in total. The molecular formula is C13H22F3N3. The lowest BCUT2D eigenvalue weighted by atomic mass is 10.0. The molecule has 19 heavy (non-hydrogen) atoms. The Labute approximate surface area is 112 Å². The molecule has 0 aliphatic rings. The first-order valence-electron chi connectivity index (χ1n) is 6.63. The molecule has 1 atom stereocenters. The molecule has 0 aliphatic heterocycles. The van der Waals surface area contributed by atoms with Crippen molar-refractivity contribution in [1.82, 2.24) is 15.1 Å². The summed E-state index contributed by atoms with van der Waals surface area (Å²) in [7, 11) is 1.84. The highest BCUT2D eigenvalue weighted by molar-refractivity contribution is 5.20. The highest BCUT2D eigenvalue weighted by Crippen LogP contribution is 2.27. The van der Waals surface area contributed by atoms with E-state index in [9.17, 15) is 13.2 Å². The summed E-state index contributed by atoms with van der Waals surface area (Å²) in [5, 5.41) is 7.46. The zero-order valence-electron chi connectivity index (χ0n) is 11.7. The smallest absolute Gasteiger partial charge is 0.310 e. The minimum absolute atomic E-state index is 0.0454.